The van der Waals surface area contributed by atoms with Gasteiger partial charge >= 0.3 is 0 Å². The summed E-state index contributed by atoms with van der Waals surface area (Å²) >= 11 is 0. The molecule has 0 aliphatic carbocycles. The summed E-state index contributed by atoms with van der Waals surface area (Å²) in [6.07, 6.45) is 8.04. The lowest BCUT2D eigenvalue weighted by atomic mass is 9.94. The van der Waals surface area contributed by atoms with Crippen molar-refractivity contribution in [2.75, 3.05) is 19.6 Å². The number of carbonyl (C=O) groups excluding carboxylic acids is 1. The van der Waals surface area contributed by atoms with Crippen LogP contribution in [-0.2, 0) is 17.9 Å². The van der Waals surface area contributed by atoms with Gasteiger partial charge in [0.05, 0.1) is 6.54 Å². The molecule has 0 aromatic carbocycles. The van der Waals surface area contributed by atoms with E-state index in [0.717, 1.165) is 38.4 Å². The Kier molecular flexibility index (Phi) is 3.82. The molecule has 2 aliphatic heterocycles. The summed E-state index contributed by atoms with van der Waals surface area (Å²) in [6, 6.07) is 0. The van der Waals surface area contributed by atoms with Crippen LogP contribution < -0.4 is 5.32 Å². The van der Waals surface area contributed by atoms with Crippen LogP contribution >= 0.6 is 0 Å². The number of hydrogen-bond donors (Lipinski definition) is 1. The second kappa shape index (κ2) is 5.74. The smallest absolute Gasteiger partial charge is 0.223 e. The van der Waals surface area contributed by atoms with Crippen molar-refractivity contribution in [2.24, 2.45) is 5.92 Å². The van der Waals surface area contributed by atoms with Gasteiger partial charge in [0.25, 0.3) is 0 Å². The fraction of sp³-hybridized carbons (Fsp3) is 0.714. The first-order valence-corrected chi connectivity index (χ1v) is 7.31. The van der Waals surface area contributed by atoms with Crippen LogP contribution in [0.2, 0.25) is 0 Å². The summed E-state index contributed by atoms with van der Waals surface area (Å²) in [6.45, 7) is 4.60. The van der Waals surface area contributed by atoms with Crippen molar-refractivity contribution in [3.8, 4) is 0 Å². The predicted octanol–water partition coefficient (Wildman–Crippen LogP) is 1.01. The third-order valence-electron chi connectivity index (χ3n) is 4.26. The minimum atomic E-state index is 0.292. The molecule has 104 valence electrons. The predicted molar refractivity (Wildman–Crippen MR) is 72.5 cm³/mol. The molecule has 1 amide bonds. The highest BCUT2D eigenvalue weighted by atomic mass is 16.2. The van der Waals surface area contributed by atoms with Gasteiger partial charge in [-0.1, -0.05) is 0 Å². The summed E-state index contributed by atoms with van der Waals surface area (Å²) in [7, 11) is 0. The van der Waals surface area contributed by atoms with E-state index < -0.39 is 0 Å². The zero-order valence-corrected chi connectivity index (χ0v) is 11.3. The van der Waals surface area contributed by atoms with E-state index in [1.54, 1.807) is 0 Å². The lowest BCUT2D eigenvalue weighted by molar-refractivity contribution is -0.133. The number of imidazole rings is 1. The summed E-state index contributed by atoms with van der Waals surface area (Å²) in [4.78, 5) is 18.5. The number of piperidine rings is 1. The van der Waals surface area contributed by atoms with Gasteiger partial charge in [0.1, 0.15) is 5.82 Å². The van der Waals surface area contributed by atoms with E-state index in [9.17, 15) is 4.79 Å². The van der Waals surface area contributed by atoms with Crippen LogP contribution in [0.25, 0.3) is 0 Å². The van der Waals surface area contributed by atoms with Gasteiger partial charge in [-0.15, -0.1) is 0 Å². The van der Waals surface area contributed by atoms with Crippen LogP contribution in [0.3, 0.4) is 0 Å². The van der Waals surface area contributed by atoms with E-state index in [2.05, 4.69) is 14.9 Å². The van der Waals surface area contributed by atoms with Crippen LogP contribution in [0, 0.1) is 5.92 Å². The highest BCUT2D eigenvalue weighted by Gasteiger charge is 2.22. The molecule has 0 saturated carbocycles. The van der Waals surface area contributed by atoms with E-state index in [4.69, 9.17) is 0 Å². The Hall–Kier alpha value is -1.36. The van der Waals surface area contributed by atoms with Gasteiger partial charge in [-0.25, -0.2) is 4.98 Å². The molecule has 1 N–H and O–H groups in total. The van der Waals surface area contributed by atoms with E-state index in [0.29, 0.717) is 24.8 Å². The van der Waals surface area contributed by atoms with Crippen molar-refractivity contribution in [3.05, 3.63) is 18.2 Å². The molecule has 0 spiro atoms. The molecule has 5 heteroatoms. The molecule has 1 unspecified atom stereocenters. The number of nitrogens with zero attached hydrogens (tertiary/aromatic N) is 3. The van der Waals surface area contributed by atoms with Crippen molar-refractivity contribution in [2.45, 2.75) is 38.8 Å². The van der Waals surface area contributed by atoms with Crippen LogP contribution in [-0.4, -0.2) is 40.0 Å². The summed E-state index contributed by atoms with van der Waals surface area (Å²) in [5, 5.41) is 3.41. The quantitative estimate of drug-likeness (QED) is 0.884. The number of rotatable bonds is 3. The molecule has 1 fully saturated rings. The third kappa shape index (κ3) is 2.97. The van der Waals surface area contributed by atoms with Gasteiger partial charge in [-0.05, 0) is 38.3 Å². The molecule has 1 saturated heterocycles. The zero-order chi connectivity index (χ0) is 13.1. The summed E-state index contributed by atoms with van der Waals surface area (Å²) < 4.78 is 2.13. The Labute approximate surface area is 114 Å². The molecule has 1 aromatic rings. The molecular formula is C14H22N4O. The van der Waals surface area contributed by atoms with E-state index in [1.807, 2.05) is 17.3 Å². The number of amides is 1. The van der Waals surface area contributed by atoms with Crippen LogP contribution in [0.4, 0.5) is 0 Å². The number of hydrogen-bond acceptors (Lipinski definition) is 3. The Morgan fingerprint density at radius 3 is 3.26 bits per heavy atom. The molecule has 0 bridgehead atoms. The minimum Gasteiger partial charge on any atom is -0.333 e. The Balaban J connectivity index is 1.48. The number of aromatic nitrogens is 2. The second-order valence-corrected chi connectivity index (χ2v) is 5.60. The van der Waals surface area contributed by atoms with Crippen molar-refractivity contribution >= 4 is 5.91 Å². The second-order valence-electron chi connectivity index (χ2n) is 5.60. The first-order valence-electron chi connectivity index (χ1n) is 7.31. The maximum Gasteiger partial charge on any atom is 0.223 e. The standard InChI is InChI=1S/C14H22N4O/c19-14(4-3-12-2-1-5-15-10-12)18-9-8-17-7-6-16-13(17)11-18/h6-7,12,15H,1-5,8-11H2. The lowest BCUT2D eigenvalue weighted by Gasteiger charge is -2.29. The zero-order valence-electron chi connectivity index (χ0n) is 11.3. The number of carbonyl (C=O) groups is 1. The van der Waals surface area contributed by atoms with Gasteiger partial charge in [0, 0.05) is 31.9 Å². The van der Waals surface area contributed by atoms with Crippen molar-refractivity contribution in [1.29, 1.82) is 0 Å². The maximum absolute atomic E-state index is 12.2. The van der Waals surface area contributed by atoms with Gasteiger partial charge in [0.15, 0.2) is 0 Å². The van der Waals surface area contributed by atoms with Crippen LogP contribution in [0.5, 0.6) is 0 Å². The lowest BCUT2D eigenvalue weighted by Crippen LogP contribution is -2.38. The normalized spacial score (nSPS) is 23.2. The molecule has 0 radical (unpaired) electrons. The summed E-state index contributed by atoms with van der Waals surface area (Å²) in [5.41, 5.74) is 0. The Morgan fingerprint density at radius 2 is 2.42 bits per heavy atom. The molecule has 19 heavy (non-hydrogen) atoms. The fourth-order valence-corrected chi connectivity index (χ4v) is 3.04. The third-order valence-corrected chi connectivity index (χ3v) is 4.26. The first kappa shape index (κ1) is 12.7. The Morgan fingerprint density at radius 1 is 1.47 bits per heavy atom. The highest BCUT2D eigenvalue weighted by Crippen LogP contribution is 2.18. The minimum absolute atomic E-state index is 0.292. The molecule has 1 aromatic heterocycles. The fourth-order valence-electron chi connectivity index (χ4n) is 3.04. The van der Waals surface area contributed by atoms with Crippen molar-refractivity contribution in [3.63, 3.8) is 0 Å². The average Bonchev–Trinajstić information content (AvgIpc) is 2.93. The molecule has 3 rings (SSSR count). The molecule has 3 heterocycles. The average molecular weight is 262 g/mol. The highest BCUT2D eigenvalue weighted by molar-refractivity contribution is 5.76. The first-order chi connectivity index (χ1) is 9.33. The monoisotopic (exact) mass is 262 g/mol. The van der Waals surface area contributed by atoms with Crippen LogP contribution in [0.15, 0.2) is 12.4 Å². The van der Waals surface area contributed by atoms with Gasteiger partial charge < -0.3 is 14.8 Å². The molecule has 5 nitrogen and oxygen atoms in total. The van der Waals surface area contributed by atoms with Gasteiger partial charge in [-0.2, -0.15) is 0 Å². The molecule has 1 atom stereocenters. The number of fused-ring (bicyclic) bond motifs is 1. The van der Waals surface area contributed by atoms with Crippen molar-refractivity contribution < 1.29 is 4.79 Å². The van der Waals surface area contributed by atoms with Crippen molar-refractivity contribution in [1.82, 2.24) is 19.8 Å². The summed E-state index contributed by atoms with van der Waals surface area (Å²) in [5.74, 6) is 1.99. The SMILES string of the molecule is O=C(CCC1CCCNC1)N1CCn2ccnc2C1. The maximum atomic E-state index is 12.2. The van der Waals surface area contributed by atoms with Gasteiger partial charge in [0.2, 0.25) is 5.91 Å². The largest absolute Gasteiger partial charge is 0.333 e. The Bertz CT molecular complexity index is 436. The number of nitrogens with one attached hydrogen (secondary N) is 1. The topological polar surface area (TPSA) is 50.2 Å². The molecule has 2 aliphatic rings. The van der Waals surface area contributed by atoms with Crippen LogP contribution in [0.1, 0.15) is 31.5 Å². The molecular weight excluding hydrogens is 240 g/mol. The van der Waals surface area contributed by atoms with E-state index in [-0.39, 0.29) is 0 Å². The van der Waals surface area contributed by atoms with Gasteiger partial charge in [-0.3, -0.25) is 4.79 Å². The van der Waals surface area contributed by atoms with E-state index in [1.165, 1.54) is 12.8 Å². The van der Waals surface area contributed by atoms with E-state index >= 15 is 0 Å².